The van der Waals surface area contributed by atoms with E-state index in [1.807, 2.05) is 4.57 Å². The van der Waals surface area contributed by atoms with Gasteiger partial charge in [-0.25, -0.2) is 34.9 Å². The van der Waals surface area contributed by atoms with Gasteiger partial charge < -0.3 is 10.1 Å². The van der Waals surface area contributed by atoms with Crippen molar-refractivity contribution in [2.24, 2.45) is 0 Å². The number of ether oxygens (including phenoxy) is 1. The molecule has 3 aromatic heterocycles. The molecule has 0 atom stereocenters. The Morgan fingerprint density at radius 3 is 2.65 bits per heavy atom. The van der Waals surface area contributed by atoms with E-state index < -0.39 is 10.0 Å². The SMILES string of the molecule is CS(C)(C)CCOCn1c(I)nc2c(NCc3cncnc3)ncnc21. The molecule has 0 saturated heterocycles. The summed E-state index contributed by atoms with van der Waals surface area (Å²) in [5.41, 5.74) is 2.47. The van der Waals surface area contributed by atoms with Crippen LogP contribution in [0.3, 0.4) is 0 Å². The van der Waals surface area contributed by atoms with Crippen LogP contribution in [0.15, 0.2) is 25.0 Å². The maximum Gasteiger partial charge on any atom is 0.175 e. The molecule has 0 unspecified atom stereocenters. The molecule has 0 saturated carbocycles. The summed E-state index contributed by atoms with van der Waals surface area (Å²) in [4.78, 5) is 21.4. The average molecular weight is 487 g/mol. The summed E-state index contributed by atoms with van der Waals surface area (Å²) in [6.45, 7) is 1.74. The molecule has 140 valence electrons. The number of hydrogen-bond donors (Lipinski definition) is 1. The Hall–Kier alpha value is -1.53. The van der Waals surface area contributed by atoms with Crippen LogP contribution in [0, 0.1) is 3.83 Å². The Morgan fingerprint density at radius 1 is 1.15 bits per heavy atom. The van der Waals surface area contributed by atoms with E-state index in [1.54, 1.807) is 18.7 Å². The molecule has 0 spiro atoms. The number of anilines is 1. The number of aromatic nitrogens is 6. The zero-order chi connectivity index (χ0) is 18.6. The van der Waals surface area contributed by atoms with E-state index >= 15 is 0 Å². The molecule has 0 aliphatic rings. The van der Waals surface area contributed by atoms with E-state index in [4.69, 9.17) is 4.74 Å². The highest BCUT2D eigenvalue weighted by atomic mass is 127. The molecule has 0 amide bonds. The number of imidazole rings is 1. The van der Waals surface area contributed by atoms with Gasteiger partial charge in [-0.2, -0.15) is 0 Å². The van der Waals surface area contributed by atoms with Gasteiger partial charge in [0.15, 0.2) is 20.8 Å². The zero-order valence-electron chi connectivity index (χ0n) is 15.0. The van der Waals surface area contributed by atoms with Gasteiger partial charge in [-0.3, -0.25) is 4.57 Å². The van der Waals surface area contributed by atoms with Crippen molar-refractivity contribution in [1.29, 1.82) is 0 Å². The Morgan fingerprint density at radius 2 is 1.92 bits per heavy atom. The molecule has 0 aromatic carbocycles. The van der Waals surface area contributed by atoms with Crippen LogP contribution in [0.5, 0.6) is 0 Å². The van der Waals surface area contributed by atoms with Crippen molar-refractivity contribution in [3.63, 3.8) is 0 Å². The van der Waals surface area contributed by atoms with Gasteiger partial charge in [0.2, 0.25) is 0 Å². The third-order valence-electron chi connectivity index (χ3n) is 3.62. The molecule has 0 aliphatic heterocycles. The number of nitrogens with zero attached hydrogens (tertiary/aromatic N) is 6. The molecular weight excluding hydrogens is 465 g/mol. The molecule has 0 bridgehead atoms. The number of hydrogen-bond acceptors (Lipinski definition) is 7. The predicted molar refractivity (Wildman–Crippen MR) is 114 cm³/mol. The lowest BCUT2D eigenvalue weighted by Crippen LogP contribution is -2.11. The van der Waals surface area contributed by atoms with Crippen LogP contribution < -0.4 is 5.32 Å². The molecule has 0 fully saturated rings. The highest BCUT2D eigenvalue weighted by Crippen LogP contribution is 2.33. The van der Waals surface area contributed by atoms with Gasteiger partial charge in [0.1, 0.15) is 19.4 Å². The Bertz CT molecular complexity index is 866. The monoisotopic (exact) mass is 487 g/mol. The lowest BCUT2D eigenvalue weighted by atomic mass is 10.3. The molecule has 10 heteroatoms. The number of nitrogens with one attached hydrogen (secondary N) is 1. The number of rotatable bonds is 8. The van der Waals surface area contributed by atoms with Crippen molar-refractivity contribution in [2.75, 3.05) is 36.4 Å². The smallest absolute Gasteiger partial charge is 0.175 e. The van der Waals surface area contributed by atoms with Crippen molar-refractivity contribution in [1.82, 2.24) is 29.5 Å². The number of halogens is 1. The molecule has 3 heterocycles. The van der Waals surface area contributed by atoms with Crippen molar-refractivity contribution in [2.45, 2.75) is 13.3 Å². The van der Waals surface area contributed by atoms with Crippen LogP contribution in [0.1, 0.15) is 5.56 Å². The largest absolute Gasteiger partial charge is 0.364 e. The molecule has 8 nitrogen and oxygen atoms in total. The third kappa shape index (κ3) is 5.01. The summed E-state index contributed by atoms with van der Waals surface area (Å²) in [6, 6.07) is 0. The van der Waals surface area contributed by atoms with Gasteiger partial charge in [0.25, 0.3) is 0 Å². The Kier molecular flexibility index (Phi) is 6.24. The fourth-order valence-corrected chi connectivity index (χ4v) is 3.45. The lowest BCUT2D eigenvalue weighted by Gasteiger charge is -2.24. The summed E-state index contributed by atoms with van der Waals surface area (Å²) < 4.78 is 8.64. The molecule has 3 aromatic rings. The van der Waals surface area contributed by atoms with E-state index in [2.05, 4.69) is 71.6 Å². The number of fused-ring (bicyclic) bond motifs is 1. The normalized spacial score (nSPS) is 12.5. The molecule has 0 aliphatic carbocycles. The molecule has 3 rings (SSSR count). The fraction of sp³-hybridized carbons (Fsp3) is 0.438. The van der Waals surface area contributed by atoms with E-state index in [0.717, 1.165) is 32.9 Å². The van der Waals surface area contributed by atoms with Gasteiger partial charge >= 0.3 is 0 Å². The van der Waals surface area contributed by atoms with E-state index in [0.29, 0.717) is 19.1 Å². The van der Waals surface area contributed by atoms with E-state index in [-0.39, 0.29) is 0 Å². The van der Waals surface area contributed by atoms with Crippen LogP contribution in [0.2, 0.25) is 0 Å². The van der Waals surface area contributed by atoms with Gasteiger partial charge in [-0.1, -0.05) is 0 Å². The maximum atomic E-state index is 5.85. The standard InChI is InChI=1S/C16H22IN7OS/c1-26(2,3)5-4-25-11-24-15-13(23-16(24)17)14(21-10-22-15)20-8-12-6-18-9-19-7-12/h6-7,9-10H,4-5,8,11H2,1-3H3,(H,20,21,22). The molecule has 1 N–H and O–H groups in total. The quantitative estimate of drug-likeness (QED) is 0.297. The van der Waals surface area contributed by atoms with Crippen LogP contribution in [-0.4, -0.2) is 60.6 Å². The first-order valence-electron chi connectivity index (χ1n) is 8.02. The fourth-order valence-electron chi connectivity index (χ4n) is 2.23. The van der Waals surface area contributed by atoms with Crippen molar-refractivity contribution in [3.05, 3.63) is 34.4 Å². The first-order chi connectivity index (χ1) is 12.4. The van der Waals surface area contributed by atoms with Crippen LogP contribution in [0.4, 0.5) is 5.82 Å². The minimum absolute atomic E-state index is 0.438. The highest BCUT2D eigenvalue weighted by Gasteiger charge is 2.14. The second kappa shape index (κ2) is 8.44. The third-order valence-corrected chi connectivity index (χ3v) is 5.83. The highest BCUT2D eigenvalue weighted by molar-refractivity contribution is 14.1. The summed E-state index contributed by atoms with van der Waals surface area (Å²) in [7, 11) is -0.556. The summed E-state index contributed by atoms with van der Waals surface area (Å²) in [6.07, 6.45) is 13.5. The first kappa shape index (κ1) is 19.2. The lowest BCUT2D eigenvalue weighted by molar-refractivity contribution is 0.0902. The van der Waals surface area contributed by atoms with Crippen molar-refractivity contribution < 1.29 is 4.74 Å². The van der Waals surface area contributed by atoms with E-state index in [9.17, 15) is 0 Å². The molecular formula is C16H22IN7OS. The van der Waals surface area contributed by atoms with Crippen LogP contribution in [0.25, 0.3) is 11.2 Å². The van der Waals surface area contributed by atoms with Gasteiger partial charge in [-0.05, 0) is 18.8 Å². The average Bonchev–Trinajstić information content (AvgIpc) is 2.93. The summed E-state index contributed by atoms with van der Waals surface area (Å²) in [5.74, 6) is 1.77. The Labute approximate surface area is 167 Å². The molecule has 0 radical (unpaired) electrons. The minimum Gasteiger partial charge on any atom is -0.364 e. The van der Waals surface area contributed by atoms with Crippen LogP contribution >= 0.6 is 32.6 Å². The predicted octanol–water partition coefficient (Wildman–Crippen LogP) is 2.50. The van der Waals surface area contributed by atoms with Gasteiger partial charge in [0.05, 0.1) is 6.61 Å². The van der Waals surface area contributed by atoms with Crippen molar-refractivity contribution in [3.8, 4) is 0 Å². The topological polar surface area (TPSA) is 90.6 Å². The zero-order valence-corrected chi connectivity index (χ0v) is 18.0. The van der Waals surface area contributed by atoms with Crippen molar-refractivity contribution >= 4 is 49.6 Å². The maximum absolute atomic E-state index is 5.85. The summed E-state index contributed by atoms with van der Waals surface area (Å²) in [5, 5.41) is 3.28. The minimum atomic E-state index is -0.556. The second-order valence-corrected chi connectivity index (χ2v) is 12.2. The van der Waals surface area contributed by atoms with Gasteiger partial charge in [-0.15, -0.1) is 0 Å². The van der Waals surface area contributed by atoms with E-state index in [1.165, 1.54) is 6.33 Å². The Balaban J connectivity index is 1.72. The van der Waals surface area contributed by atoms with Gasteiger partial charge in [0, 0.05) is 52.8 Å². The second-order valence-electron chi connectivity index (χ2n) is 6.64. The molecule has 26 heavy (non-hydrogen) atoms. The summed E-state index contributed by atoms with van der Waals surface area (Å²) >= 11 is 2.20. The van der Waals surface area contributed by atoms with Crippen LogP contribution in [-0.2, 0) is 18.0 Å². The first-order valence-corrected chi connectivity index (χ1v) is 12.1.